The summed E-state index contributed by atoms with van der Waals surface area (Å²) in [7, 11) is 0. The molecule has 22 heavy (non-hydrogen) atoms. The van der Waals surface area contributed by atoms with Crippen molar-refractivity contribution in [1.82, 2.24) is 10.6 Å². The van der Waals surface area contributed by atoms with Crippen molar-refractivity contribution in [3.63, 3.8) is 0 Å². The van der Waals surface area contributed by atoms with Gasteiger partial charge in [-0.3, -0.25) is 9.59 Å². The number of hydrogen-bond donors (Lipinski definition) is 2. The standard InChI is InChI=1S/C16H21ClN2O3/c1-12(20)2-8-15(21)18-10-11-19-16(22)9-5-13-3-6-14(17)7-4-13/h3-4,6-7H,2,5,8-11H2,1H3,(H,18,21)(H,19,22). The van der Waals surface area contributed by atoms with E-state index in [1.165, 1.54) is 6.92 Å². The van der Waals surface area contributed by atoms with Gasteiger partial charge in [-0.15, -0.1) is 0 Å². The lowest BCUT2D eigenvalue weighted by atomic mass is 10.1. The third kappa shape index (κ3) is 8.42. The lowest BCUT2D eigenvalue weighted by Gasteiger charge is -2.07. The van der Waals surface area contributed by atoms with Crippen molar-refractivity contribution in [2.75, 3.05) is 13.1 Å². The first-order chi connectivity index (χ1) is 10.5. The Bertz CT molecular complexity index is 515. The number of nitrogens with one attached hydrogen (secondary N) is 2. The van der Waals surface area contributed by atoms with Crippen LogP contribution >= 0.6 is 11.6 Å². The maximum atomic E-state index is 11.6. The van der Waals surface area contributed by atoms with Gasteiger partial charge in [-0.25, -0.2) is 0 Å². The van der Waals surface area contributed by atoms with Gasteiger partial charge in [0.15, 0.2) is 0 Å². The average molecular weight is 325 g/mol. The number of amides is 2. The Morgan fingerprint density at radius 1 is 0.909 bits per heavy atom. The second-order valence-electron chi connectivity index (χ2n) is 5.03. The van der Waals surface area contributed by atoms with Crippen LogP contribution in [0.4, 0.5) is 0 Å². The van der Waals surface area contributed by atoms with Gasteiger partial charge in [0.1, 0.15) is 5.78 Å². The van der Waals surface area contributed by atoms with Gasteiger partial charge in [-0.05, 0) is 31.0 Å². The second-order valence-corrected chi connectivity index (χ2v) is 5.46. The SMILES string of the molecule is CC(=O)CCC(=O)NCCNC(=O)CCc1ccc(Cl)cc1. The molecule has 0 atom stereocenters. The molecule has 0 bridgehead atoms. The van der Waals surface area contributed by atoms with Gasteiger partial charge in [0.2, 0.25) is 11.8 Å². The van der Waals surface area contributed by atoms with Crippen LogP contribution in [-0.4, -0.2) is 30.7 Å². The maximum absolute atomic E-state index is 11.6. The number of aryl methyl sites for hydroxylation is 1. The highest BCUT2D eigenvalue weighted by atomic mass is 35.5. The highest BCUT2D eigenvalue weighted by Crippen LogP contribution is 2.10. The fourth-order valence-electron chi connectivity index (χ4n) is 1.78. The Balaban J connectivity index is 2.09. The van der Waals surface area contributed by atoms with Crippen LogP contribution in [0.3, 0.4) is 0 Å². The van der Waals surface area contributed by atoms with E-state index in [2.05, 4.69) is 10.6 Å². The van der Waals surface area contributed by atoms with Crippen LogP contribution in [0.15, 0.2) is 24.3 Å². The summed E-state index contributed by atoms with van der Waals surface area (Å²) in [6.45, 7) is 2.20. The third-order valence-corrected chi connectivity index (χ3v) is 3.28. The first-order valence-corrected chi connectivity index (χ1v) is 7.62. The molecular weight excluding hydrogens is 304 g/mol. The zero-order valence-corrected chi connectivity index (χ0v) is 13.4. The van der Waals surface area contributed by atoms with E-state index in [9.17, 15) is 14.4 Å². The quantitative estimate of drug-likeness (QED) is 0.681. The fourth-order valence-corrected chi connectivity index (χ4v) is 1.91. The highest BCUT2D eigenvalue weighted by Gasteiger charge is 2.04. The molecule has 2 amide bonds. The van der Waals surface area contributed by atoms with Gasteiger partial charge in [0, 0.05) is 37.4 Å². The number of halogens is 1. The smallest absolute Gasteiger partial charge is 0.220 e. The van der Waals surface area contributed by atoms with Crippen LogP contribution < -0.4 is 10.6 Å². The molecule has 0 saturated carbocycles. The third-order valence-electron chi connectivity index (χ3n) is 3.03. The highest BCUT2D eigenvalue weighted by molar-refractivity contribution is 6.30. The largest absolute Gasteiger partial charge is 0.354 e. The summed E-state index contributed by atoms with van der Waals surface area (Å²) in [4.78, 5) is 33.7. The molecule has 5 nitrogen and oxygen atoms in total. The Hall–Kier alpha value is -1.88. The minimum Gasteiger partial charge on any atom is -0.354 e. The summed E-state index contributed by atoms with van der Waals surface area (Å²) in [5, 5.41) is 6.07. The van der Waals surface area contributed by atoms with Crippen LogP contribution in [0.2, 0.25) is 5.02 Å². The first-order valence-electron chi connectivity index (χ1n) is 7.24. The van der Waals surface area contributed by atoms with E-state index in [0.717, 1.165) is 5.56 Å². The summed E-state index contributed by atoms with van der Waals surface area (Å²) in [6.07, 6.45) is 1.48. The van der Waals surface area contributed by atoms with E-state index in [1.807, 2.05) is 12.1 Å². The van der Waals surface area contributed by atoms with E-state index in [0.29, 0.717) is 31.0 Å². The van der Waals surface area contributed by atoms with Crippen LogP contribution in [0, 0.1) is 0 Å². The summed E-state index contributed by atoms with van der Waals surface area (Å²) in [5.74, 6) is -0.246. The van der Waals surface area contributed by atoms with E-state index in [-0.39, 0.29) is 30.4 Å². The van der Waals surface area contributed by atoms with Crippen LogP contribution in [-0.2, 0) is 20.8 Å². The number of ketones is 1. The van der Waals surface area contributed by atoms with Gasteiger partial charge in [0.25, 0.3) is 0 Å². The predicted molar refractivity (Wildman–Crippen MR) is 85.7 cm³/mol. The summed E-state index contributed by atoms with van der Waals surface area (Å²) in [5.41, 5.74) is 1.05. The van der Waals surface area contributed by atoms with E-state index in [4.69, 9.17) is 11.6 Å². The number of Topliss-reactive ketones (excluding diaryl/α,β-unsaturated/α-hetero) is 1. The molecule has 2 N–H and O–H groups in total. The van der Waals surface area contributed by atoms with Gasteiger partial charge in [0.05, 0.1) is 0 Å². The summed E-state index contributed by atoms with van der Waals surface area (Å²) in [6, 6.07) is 7.38. The maximum Gasteiger partial charge on any atom is 0.220 e. The molecule has 0 aliphatic heterocycles. The number of carbonyl (C=O) groups is 3. The summed E-state index contributed by atoms with van der Waals surface area (Å²) < 4.78 is 0. The molecular formula is C16H21ClN2O3. The van der Waals surface area contributed by atoms with Crippen molar-refractivity contribution in [3.8, 4) is 0 Å². The lowest BCUT2D eigenvalue weighted by molar-refractivity contribution is -0.124. The number of benzene rings is 1. The Labute approximate surface area is 135 Å². The van der Waals surface area contributed by atoms with Crippen molar-refractivity contribution in [2.24, 2.45) is 0 Å². The molecule has 0 aromatic heterocycles. The number of hydrogen-bond acceptors (Lipinski definition) is 3. The van der Waals surface area contributed by atoms with Crippen LogP contribution in [0.25, 0.3) is 0 Å². The molecule has 0 radical (unpaired) electrons. The van der Waals surface area contributed by atoms with E-state index < -0.39 is 0 Å². The molecule has 1 aromatic carbocycles. The first kappa shape index (κ1) is 18.2. The molecule has 0 fully saturated rings. The van der Waals surface area contributed by atoms with Crippen molar-refractivity contribution < 1.29 is 14.4 Å². The molecule has 120 valence electrons. The van der Waals surface area contributed by atoms with Crippen molar-refractivity contribution in [3.05, 3.63) is 34.9 Å². The Morgan fingerprint density at radius 3 is 2.00 bits per heavy atom. The summed E-state index contributed by atoms with van der Waals surface area (Å²) >= 11 is 5.79. The van der Waals surface area contributed by atoms with Crippen LogP contribution in [0.5, 0.6) is 0 Å². The predicted octanol–water partition coefficient (Wildman–Crippen LogP) is 1.87. The van der Waals surface area contributed by atoms with Crippen molar-refractivity contribution in [2.45, 2.75) is 32.6 Å². The van der Waals surface area contributed by atoms with Crippen LogP contribution in [0.1, 0.15) is 31.7 Å². The minimum atomic E-state index is -0.175. The molecule has 6 heteroatoms. The molecule has 0 aliphatic rings. The Morgan fingerprint density at radius 2 is 1.45 bits per heavy atom. The van der Waals surface area contributed by atoms with Gasteiger partial charge in [-0.2, -0.15) is 0 Å². The topological polar surface area (TPSA) is 75.3 Å². The van der Waals surface area contributed by atoms with E-state index in [1.54, 1.807) is 12.1 Å². The number of carbonyl (C=O) groups excluding carboxylic acids is 3. The van der Waals surface area contributed by atoms with Gasteiger partial charge in [-0.1, -0.05) is 23.7 Å². The molecule has 0 saturated heterocycles. The van der Waals surface area contributed by atoms with Gasteiger partial charge < -0.3 is 15.4 Å². The lowest BCUT2D eigenvalue weighted by Crippen LogP contribution is -2.34. The molecule has 0 aliphatic carbocycles. The van der Waals surface area contributed by atoms with Crippen molar-refractivity contribution in [1.29, 1.82) is 0 Å². The fraction of sp³-hybridized carbons (Fsp3) is 0.438. The van der Waals surface area contributed by atoms with Gasteiger partial charge >= 0.3 is 0 Å². The minimum absolute atomic E-state index is 0.00866. The molecule has 1 aromatic rings. The normalized spacial score (nSPS) is 10.1. The second kappa shape index (κ2) is 9.95. The Kier molecular flexibility index (Phi) is 8.22. The average Bonchev–Trinajstić information content (AvgIpc) is 2.49. The van der Waals surface area contributed by atoms with Crippen molar-refractivity contribution >= 4 is 29.2 Å². The van der Waals surface area contributed by atoms with E-state index >= 15 is 0 Å². The molecule has 0 heterocycles. The monoisotopic (exact) mass is 324 g/mol. The number of rotatable bonds is 9. The molecule has 0 spiro atoms. The molecule has 0 unspecified atom stereocenters. The molecule has 1 rings (SSSR count). The zero-order chi connectivity index (χ0) is 16.4. The zero-order valence-electron chi connectivity index (χ0n) is 12.7.